The van der Waals surface area contributed by atoms with E-state index in [2.05, 4.69) is 0 Å². The van der Waals surface area contributed by atoms with Crippen LogP contribution in [0.5, 0.6) is 0 Å². The van der Waals surface area contributed by atoms with Crippen molar-refractivity contribution in [1.82, 2.24) is 4.90 Å². The third kappa shape index (κ3) is 3.92. The van der Waals surface area contributed by atoms with Gasteiger partial charge in [0.2, 0.25) is 0 Å². The molecule has 1 N–H and O–H groups in total. The van der Waals surface area contributed by atoms with Crippen molar-refractivity contribution in [3.63, 3.8) is 0 Å². The Morgan fingerprint density at radius 3 is 2.42 bits per heavy atom. The van der Waals surface area contributed by atoms with Crippen LogP contribution in [0.15, 0.2) is 12.1 Å². The summed E-state index contributed by atoms with van der Waals surface area (Å²) in [5, 5.41) is 17.7. The molecule has 0 bridgehead atoms. The number of alkyl halides is 3. The summed E-state index contributed by atoms with van der Waals surface area (Å²) in [7, 11) is 0. The second kappa shape index (κ2) is 8.03. The fourth-order valence-electron chi connectivity index (χ4n) is 2.58. The van der Waals surface area contributed by atoms with Crippen LogP contribution < -0.4 is 4.90 Å². The molecule has 0 aromatic heterocycles. The molecule has 1 aromatic rings. The molecule has 6 nitrogen and oxygen atoms in total. The van der Waals surface area contributed by atoms with Crippen LogP contribution in [0.4, 0.5) is 23.7 Å². The summed E-state index contributed by atoms with van der Waals surface area (Å²) < 4.78 is 39.2. The molecule has 2 rings (SSSR count). The Balaban J connectivity index is 0.00000338. The zero-order chi connectivity index (χ0) is 19.0. The van der Waals surface area contributed by atoms with Crippen molar-refractivity contribution in [2.24, 2.45) is 0 Å². The van der Waals surface area contributed by atoms with Crippen molar-refractivity contribution in [3.8, 4) is 6.07 Å². The SMILES string of the molecule is CC1(C)C(=O)N(c2[c-]c(C(F)(F)F)c(C#N)cc2)C(=O)N1CCCO.[Y]. The molecule has 1 aliphatic rings. The number of rotatable bonds is 4. The number of hydrogen-bond donors (Lipinski definition) is 1. The van der Waals surface area contributed by atoms with E-state index in [9.17, 15) is 22.8 Å². The molecule has 0 atom stereocenters. The molecule has 10 heteroatoms. The minimum atomic E-state index is -4.85. The second-order valence-corrected chi connectivity index (χ2v) is 5.95. The second-order valence-electron chi connectivity index (χ2n) is 5.95. The molecule has 1 heterocycles. The minimum absolute atomic E-state index is 0. The predicted octanol–water partition coefficient (Wildman–Crippen LogP) is 2.30. The molecular weight excluding hydrogens is 428 g/mol. The molecule has 0 unspecified atom stereocenters. The third-order valence-electron chi connectivity index (χ3n) is 3.94. The van der Waals surface area contributed by atoms with E-state index in [1.165, 1.54) is 24.8 Å². The van der Waals surface area contributed by atoms with E-state index in [1.807, 2.05) is 6.07 Å². The zero-order valence-electron chi connectivity index (χ0n) is 14.1. The van der Waals surface area contributed by atoms with E-state index in [4.69, 9.17) is 10.4 Å². The van der Waals surface area contributed by atoms with Gasteiger partial charge in [-0.2, -0.15) is 19.2 Å². The first-order chi connectivity index (χ1) is 11.6. The Morgan fingerprint density at radius 1 is 1.31 bits per heavy atom. The van der Waals surface area contributed by atoms with Gasteiger partial charge in [0.05, 0.1) is 0 Å². The van der Waals surface area contributed by atoms with Crippen LogP contribution in [-0.2, 0) is 43.7 Å². The van der Waals surface area contributed by atoms with Crippen LogP contribution in [0.3, 0.4) is 0 Å². The molecule has 137 valence electrons. The molecular formula is C16H15F3N3O3Y-. The number of benzene rings is 1. The topological polar surface area (TPSA) is 84.6 Å². The third-order valence-corrected chi connectivity index (χ3v) is 3.94. The number of nitrogens with zero attached hydrogens (tertiary/aromatic N) is 3. The van der Waals surface area contributed by atoms with Gasteiger partial charge in [0.25, 0.3) is 5.91 Å². The van der Waals surface area contributed by atoms with Crippen molar-refractivity contribution in [1.29, 1.82) is 5.26 Å². The molecule has 0 saturated carbocycles. The summed E-state index contributed by atoms with van der Waals surface area (Å²) in [6, 6.07) is 4.59. The molecule has 1 radical (unpaired) electrons. The largest absolute Gasteiger partial charge is 0.396 e. The number of anilines is 1. The maximum Gasteiger partial charge on any atom is 0.395 e. The number of carbonyl (C=O) groups is 2. The van der Waals surface area contributed by atoms with Gasteiger partial charge < -0.3 is 10.0 Å². The average Bonchev–Trinajstić information content (AvgIpc) is 2.70. The Morgan fingerprint density at radius 2 is 1.92 bits per heavy atom. The maximum atomic E-state index is 13.1. The fraction of sp³-hybridized carbons (Fsp3) is 0.438. The Kier molecular flexibility index (Phi) is 6.96. The Bertz CT molecular complexity index is 759. The van der Waals surface area contributed by atoms with Crippen LogP contribution in [0.2, 0.25) is 0 Å². The van der Waals surface area contributed by atoms with Gasteiger partial charge in [-0.05, 0) is 31.4 Å². The predicted molar refractivity (Wildman–Crippen MR) is 80.4 cm³/mol. The van der Waals surface area contributed by atoms with E-state index in [0.29, 0.717) is 4.90 Å². The number of halogens is 3. The molecule has 1 saturated heterocycles. The fourth-order valence-corrected chi connectivity index (χ4v) is 2.58. The molecule has 26 heavy (non-hydrogen) atoms. The summed E-state index contributed by atoms with van der Waals surface area (Å²) in [6.07, 6.45) is -4.62. The van der Waals surface area contributed by atoms with Crippen molar-refractivity contribution >= 4 is 17.6 Å². The van der Waals surface area contributed by atoms with Crippen LogP contribution in [0, 0.1) is 17.4 Å². The number of imide groups is 1. The number of amides is 3. The Labute approximate surface area is 173 Å². The molecule has 0 spiro atoms. The number of aliphatic hydroxyl groups excluding tert-OH is 1. The molecule has 1 fully saturated rings. The van der Waals surface area contributed by atoms with Gasteiger partial charge >= 0.3 is 12.2 Å². The molecule has 1 aliphatic heterocycles. The van der Waals surface area contributed by atoms with Crippen LogP contribution in [0.1, 0.15) is 31.4 Å². The monoisotopic (exact) mass is 443 g/mol. The summed E-state index contributed by atoms with van der Waals surface area (Å²) in [5.41, 5.74) is -3.63. The number of nitriles is 1. The van der Waals surface area contributed by atoms with Gasteiger partial charge in [-0.15, -0.1) is 12.1 Å². The first kappa shape index (κ1) is 22.5. The van der Waals surface area contributed by atoms with Crippen LogP contribution >= 0.6 is 0 Å². The van der Waals surface area contributed by atoms with Crippen molar-refractivity contribution < 1.29 is 60.6 Å². The van der Waals surface area contributed by atoms with Gasteiger partial charge in [-0.1, -0.05) is 5.69 Å². The quantitative estimate of drug-likeness (QED) is 0.572. The standard InChI is InChI=1S/C16H15F3N3O3.Y/c1-15(2)13(24)22(14(25)21(15)6-3-7-23)11-5-4-10(9-20)12(8-11)16(17,18)19;/h4-5,23H,3,6-7H2,1-2H3;/q-1;. The van der Waals surface area contributed by atoms with Gasteiger partial charge in [0.15, 0.2) is 0 Å². The van der Waals surface area contributed by atoms with E-state index in [1.54, 1.807) is 0 Å². The summed E-state index contributed by atoms with van der Waals surface area (Å²) in [6.45, 7) is 2.82. The van der Waals surface area contributed by atoms with Gasteiger partial charge in [-0.25, -0.2) is 10.1 Å². The van der Waals surface area contributed by atoms with E-state index in [-0.39, 0.29) is 58.0 Å². The summed E-state index contributed by atoms with van der Waals surface area (Å²) >= 11 is 0. The normalized spacial score (nSPS) is 16.5. The smallest absolute Gasteiger partial charge is 0.395 e. The van der Waals surface area contributed by atoms with E-state index < -0.39 is 34.8 Å². The maximum absolute atomic E-state index is 13.1. The minimum Gasteiger partial charge on any atom is -0.396 e. The van der Waals surface area contributed by atoms with Crippen molar-refractivity contribution in [3.05, 3.63) is 29.3 Å². The number of urea groups is 1. The van der Waals surface area contributed by atoms with Gasteiger partial charge in [0.1, 0.15) is 5.54 Å². The number of carbonyl (C=O) groups excluding carboxylic acids is 2. The first-order valence-electron chi connectivity index (χ1n) is 7.36. The number of hydrogen-bond acceptors (Lipinski definition) is 4. The van der Waals surface area contributed by atoms with Gasteiger partial charge in [0, 0.05) is 51.9 Å². The summed E-state index contributed by atoms with van der Waals surface area (Å²) in [4.78, 5) is 26.9. The van der Waals surface area contributed by atoms with Crippen LogP contribution in [0.25, 0.3) is 0 Å². The average molecular weight is 443 g/mol. The molecule has 3 amide bonds. The number of aliphatic hydroxyl groups is 1. The van der Waals surface area contributed by atoms with Crippen molar-refractivity contribution in [2.45, 2.75) is 32.0 Å². The van der Waals surface area contributed by atoms with Gasteiger partial charge in [-0.3, -0.25) is 9.69 Å². The van der Waals surface area contributed by atoms with Crippen molar-refractivity contribution in [2.75, 3.05) is 18.1 Å². The Hall–Kier alpha value is -1.50. The van der Waals surface area contributed by atoms with E-state index >= 15 is 0 Å². The molecule has 0 aliphatic carbocycles. The zero-order valence-corrected chi connectivity index (χ0v) is 16.9. The summed E-state index contributed by atoms with van der Waals surface area (Å²) in [5.74, 6) is -0.704. The first-order valence-corrected chi connectivity index (χ1v) is 7.36. The van der Waals surface area contributed by atoms with Crippen LogP contribution in [-0.4, -0.2) is 40.6 Å². The van der Waals surface area contributed by atoms with E-state index in [0.717, 1.165) is 12.1 Å². The molecule has 1 aromatic carbocycles.